The Balaban J connectivity index is 2.61. The lowest BCUT2D eigenvalue weighted by molar-refractivity contribution is 0.419. The van der Waals surface area contributed by atoms with Crippen molar-refractivity contribution in [2.24, 2.45) is 12.8 Å². The van der Waals surface area contributed by atoms with Gasteiger partial charge in [0.05, 0.1) is 12.6 Å². The molecule has 0 aliphatic rings. The minimum Gasteiger partial charge on any atom is -0.496 e. The smallest absolute Gasteiger partial charge is 0.128 e. The summed E-state index contributed by atoms with van der Waals surface area (Å²) in [7, 11) is 3.72. The van der Waals surface area contributed by atoms with Crippen molar-refractivity contribution in [3.8, 4) is 5.75 Å². The molecule has 84 valence electrons. The van der Waals surface area contributed by atoms with Gasteiger partial charge in [0.15, 0.2) is 0 Å². The lowest BCUT2D eigenvalue weighted by Crippen LogP contribution is -1.92. The minimum absolute atomic E-state index is 0.549. The van der Waals surface area contributed by atoms with E-state index in [1.165, 1.54) is 0 Å². The van der Waals surface area contributed by atoms with Crippen LogP contribution in [-0.4, -0.2) is 18.2 Å². The molecule has 1 heterocycles. The van der Waals surface area contributed by atoms with Crippen molar-refractivity contribution in [1.29, 1.82) is 0 Å². The quantitative estimate of drug-likeness (QED) is 0.854. The van der Waals surface area contributed by atoms with Crippen LogP contribution >= 0.6 is 0 Å². The van der Waals surface area contributed by atoms with Gasteiger partial charge in [-0.25, -0.2) is 0 Å². The Bertz CT molecular complexity index is 526. The van der Waals surface area contributed by atoms with Crippen LogP contribution in [0.25, 0.3) is 17.0 Å². The van der Waals surface area contributed by atoms with Crippen molar-refractivity contribution in [3.05, 3.63) is 36.0 Å². The molecule has 0 amide bonds. The molecule has 0 aliphatic heterocycles. The summed E-state index contributed by atoms with van der Waals surface area (Å²) in [6, 6.07) is 6.21. The molecule has 2 rings (SSSR count). The van der Waals surface area contributed by atoms with E-state index in [0.29, 0.717) is 6.54 Å². The highest BCUT2D eigenvalue weighted by molar-refractivity contribution is 5.88. The molecule has 0 aliphatic carbocycles. The van der Waals surface area contributed by atoms with Crippen molar-refractivity contribution in [2.45, 2.75) is 0 Å². The van der Waals surface area contributed by atoms with Crippen LogP contribution in [0.2, 0.25) is 0 Å². The Morgan fingerprint density at radius 3 is 2.94 bits per heavy atom. The number of aryl methyl sites for hydroxylation is 1. The summed E-state index contributed by atoms with van der Waals surface area (Å²) in [5.74, 6) is 0.898. The van der Waals surface area contributed by atoms with Crippen LogP contribution in [0.3, 0.4) is 0 Å². The van der Waals surface area contributed by atoms with Crippen molar-refractivity contribution in [3.63, 3.8) is 0 Å². The first-order valence-electron chi connectivity index (χ1n) is 5.26. The molecule has 3 heteroatoms. The van der Waals surface area contributed by atoms with Crippen LogP contribution < -0.4 is 10.5 Å². The van der Waals surface area contributed by atoms with E-state index in [2.05, 4.69) is 16.7 Å². The predicted octanol–water partition coefficient (Wildman–Crippen LogP) is 2.16. The average molecular weight is 216 g/mol. The van der Waals surface area contributed by atoms with E-state index in [1.54, 1.807) is 7.11 Å². The van der Waals surface area contributed by atoms with Gasteiger partial charge in [-0.05, 0) is 23.8 Å². The molecule has 16 heavy (non-hydrogen) atoms. The van der Waals surface area contributed by atoms with E-state index in [-0.39, 0.29) is 0 Å². The standard InChI is InChI=1S/C13H16N2O/c1-15-7-5-11-12(15)8-10(4-3-6-14)9-13(11)16-2/h3-5,7-9H,6,14H2,1-2H3/b4-3+. The first-order chi connectivity index (χ1) is 7.76. The van der Waals surface area contributed by atoms with Gasteiger partial charge in [0.1, 0.15) is 5.75 Å². The van der Waals surface area contributed by atoms with E-state index < -0.39 is 0 Å². The summed E-state index contributed by atoms with van der Waals surface area (Å²) >= 11 is 0. The average Bonchev–Trinajstić information content (AvgIpc) is 2.68. The van der Waals surface area contributed by atoms with Gasteiger partial charge >= 0.3 is 0 Å². The van der Waals surface area contributed by atoms with Crippen LogP contribution in [0.1, 0.15) is 5.56 Å². The summed E-state index contributed by atoms with van der Waals surface area (Å²) in [4.78, 5) is 0. The number of hydrogen-bond acceptors (Lipinski definition) is 2. The second-order valence-electron chi connectivity index (χ2n) is 3.72. The second kappa shape index (κ2) is 4.41. The van der Waals surface area contributed by atoms with Crippen LogP contribution in [0, 0.1) is 0 Å². The third-order valence-corrected chi connectivity index (χ3v) is 2.65. The third kappa shape index (κ3) is 1.82. The summed E-state index contributed by atoms with van der Waals surface area (Å²) in [6.07, 6.45) is 5.97. The largest absolute Gasteiger partial charge is 0.496 e. The summed E-state index contributed by atoms with van der Waals surface area (Å²) < 4.78 is 7.46. The van der Waals surface area contributed by atoms with Crippen LogP contribution in [0.15, 0.2) is 30.5 Å². The zero-order chi connectivity index (χ0) is 11.5. The Labute approximate surface area is 95.1 Å². The maximum atomic E-state index is 5.45. The van der Waals surface area contributed by atoms with Gasteiger partial charge < -0.3 is 15.0 Å². The molecule has 0 spiro atoms. The molecule has 0 unspecified atom stereocenters. The second-order valence-corrected chi connectivity index (χ2v) is 3.72. The number of nitrogens with two attached hydrogens (primary N) is 1. The van der Waals surface area contributed by atoms with Gasteiger partial charge in [0.25, 0.3) is 0 Å². The Hall–Kier alpha value is -1.74. The SMILES string of the molecule is COc1cc(/C=C/CN)cc2c1ccn2C. The van der Waals surface area contributed by atoms with Crippen LogP contribution in [-0.2, 0) is 7.05 Å². The monoisotopic (exact) mass is 216 g/mol. The highest BCUT2D eigenvalue weighted by Gasteiger charge is 2.05. The van der Waals surface area contributed by atoms with Gasteiger partial charge in [0.2, 0.25) is 0 Å². The number of rotatable bonds is 3. The molecule has 2 aromatic rings. The molecule has 0 radical (unpaired) electrons. The van der Waals surface area contributed by atoms with E-state index >= 15 is 0 Å². The number of ether oxygens (including phenoxy) is 1. The molecular weight excluding hydrogens is 200 g/mol. The highest BCUT2D eigenvalue weighted by Crippen LogP contribution is 2.28. The number of fused-ring (bicyclic) bond motifs is 1. The fourth-order valence-corrected chi connectivity index (χ4v) is 1.83. The van der Waals surface area contributed by atoms with Crippen molar-refractivity contribution in [2.75, 3.05) is 13.7 Å². The number of methoxy groups -OCH3 is 1. The number of hydrogen-bond donors (Lipinski definition) is 1. The first-order valence-corrected chi connectivity index (χ1v) is 5.26. The van der Waals surface area contributed by atoms with E-state index in [9.17, 15) is 0 Å². The van der Waals surface area contributed by atoms with E-state index in [0.717, 1.165) is 22.2 Å². The Kier molecular flexibility index (Phi) is 2.97. The highest BCUT2D eigenvalue weighted by atomic mass is 16.5. The molecular formula is C13H16N2O. The van der Waals surface area contributed by atoms with Crippen molar-refractivity contribution >= 4 is 17.0 Å². The van der Waals surface area contributed by atoms with Gasteiger partial charge in [-0.2, -0.15) is 0 Å². The number of benzene rings is 1. The normalized spacial score (nSPS) is 11.4. The van der Waals surface area contributed by atoms with Crippen molar-refractivity contribution in [1.82, 2.24) is 4.57 Å². The van der Waals surface area contributed by atoms with Crippen LogP contribution in [0.5, 0.6) is 5.75 Å². The van der Waals surface area contributed by atoms with E-state index in [4.69, 9.17) is 10.5 Å². The number of aromatic nitrogens is 1. The fraction of sp³-hybridized carbons (Fsp3) is 0.231. The first kappa shape index (κ1) is 10.8. The lowest BCUT2D eigenvalue weighted by Gasteiger charge is -2.05. The zero-order valence-electron chi connectivity index (χ0n) is 9.60. The lowest BCUT2D eigenvalue weighted by atomic mass is 10.1. The van der Waals surface area contributed by atoms with Gasteiger partial charge in [-0.1, -0.05) is 12.2 Å². The summed E-state index contributed by atoms with van der Waals surface area (Å²) in [6.45, 7) is 0.549. The molecule has 0 bridgehead atoms. The number of nitrogens with zero attached hydrogens (tertiary/aromatic N) is 1. The maximum absolute atomic E-state index is 5.45. The predicted molar refractivity (Wildman–Crippen MR) is 67.6 cm³/mol. The van der Waals surface area contributed by atoms with Gasteiger partial charge in [-0.3, -0.25) is 0 Å². The minimum atomic E-state index is 0.549. The molecule has 3 nitrogen and oxygen atoms in total. The third-order valence-electron chi connectivity index (χ3n) is 2.65. The Morgan fingerprint density at radius 1 is 1.44 bits per heavy atom. The van der Waals surface area contributed by atoms with Crippen molar-refractivity contribution < 1.29 is 4.74 Å². The molecule has 2 N–H and O–H groups in total. The van der Waals surface area contributed by atoms with Crippen LogP contribution in [0.4, 0.5) is 0 Å². The summed E-state index contributed by atoms with van der Waals surface area (Å²) in [5, 5.41) is 1.13. The topological polar surface area (TPSA) is 40.2 Å². The molecule has 1 aromatic carbocycles. The van der Waals surface area contributed by atoms with Gasteiger partial charge in [-0.15, -0.1) is 0 Å². The molecule has 0 saturated heterocycles. The van der Waals surface area contributed by atoms with E-state index in [1.807, 2.05) is 31.5 Å². The molecule has 0 fully saturated rings. The maximum Gasteiger partial charge on any atom is 0.128 e. The fourth-order valence-electron chi connectivity index (χ4n) is 1.83. The molecule has 0 saturated carbocycles. The molecule has 0 atom stereocenters. The zero-order valence-corrected chi connectivity index (χ0v) is 9.60. The molecule has 1 aromatic heterocycles. The summed E-state index contributed by atoms with van der Waals surface area (Å²) in [5.41, 5.74) is 7.72. The van der Waals surface area contributed by atoms with Gasteiger partial charge in [0, 0.05) is 25.2 Å². The Morgan fingerprint density at radius 2 is 2.25 bits per heavy atom.